The van der Waals surface area contributed by atoms with Crippen LogP contribution in [-0.4, -0.2) is 22.6 Å². The molecule has 0 aliphatic heterocycles. The first-order chi connectivity index (χ1) is 6.24. The monoisotopic (exact) mass is 179 g/mol. The van der Waals surface area contributed by atoms with Gasteiger partial charge in [0.1, 0.15) is 12.3 Å². The highest BCUT2D eigenvalue weighted by Gasteiger charge is 1.98. The molecule has 0 radical (unpaired) electrons. The van der Waals surface area contributed by atoms with Crippen LogP contribution in [0.1, 0.15) is 11.3 Å². The summed E-state index contributed by atoms with van der Waals surface area (Å²) < 4.78 is 1.74. The van der Waals surface area contributed by atoms with Crippen molar-refractivity contribution in [3.05, 3.63) is 30.1 Å². The lowest BCUT2D eigenvalue weighted by Gasteiger charge is -1.90. The summed E-state index contributed by atoms with van der Waals surface area (Å²) >= 11 is 0. The fourth-order valence-corrected chi connectivity index (χ4v) is 0.935. The van der Waals surface area contributed by atoms with Crippen LogP contribution in [0.5, 0.6) is 0 Å². The van der Waals surface area contributed by atoms with Crippen LogP contribution in [0.4, 0.5) is 0 Å². The molecule has 4 heteroatoms. The Hall–Kier alpha value is -1.58. The first-order valence-electron chi connectivity index (χ1n) is 4.00. The average molecular weight is 179 g/mol. The lowest BCUT2D eigenvalue weighted by Crippen LogP contribution is -1.91. The van der Waals surface area contributed by atoms with E-state index in [1.165, 1.54) is 0 Å². The van der Waals surface area contributed by atoms with Crippen molar-refractivity contribution in [2.24, 2.45) is 12.2 Å². The molecular formula is C9H13N3O. The largest absolute Gasteiger partial charge is 0.392 e. The molecule has 0 saturated carbocycles. The van der Waals surface area contributed by atoms with E-state index in [9.17, 15) is 0 Å². The van der Waals surface area contributed by atoms with E-state index < -0.39 is 0 Å². The summed E-state index contributed by atoms with van der Waals surface area (Å²) in [7, 11) is 1.87. The fourth-order valence-electron chi connectivity index (χ4n) is 0.935. The minimum atomic E-state index is 0.419. The first-order valence-corrected chi connectivity index (χ1v) is 4.00. The summed E-state index contributed by atoms with van der Waals surface area (Å²) in [6.45, 7) is 5.90. The quantitative estimate of drug-likeness (QED) is 0.302. The van der Waals surface area contributed by atoms with E-state index >= 15 is 0 Å². The third kappa shape index (κ3) is 2.74. The van der Waals surface area contributed by atoms with Gasteiger partial charge in [-0.1, -0.05) is 17.8 Å². The standard InChI is InChI=1S/C9H13N3O/c1-4-5-13-10-6-9-8(2)7-12(3)11-9/h4,6-7H,1,5H2,2-3H3/b10-6+. The van der Waals surface area contributed by atoms with Crippen LogP contribution < -0.4 is 0 Å². The maximum atomic E-state index is 4.85. The Kier molecular flexibility index (Phi) is 3.25. The Morgan fingerprint density at radius 2 is 2.54 bits per heavy atom. The third-order valence-electron chi connectivity index (χ3n) is 1.49. The normalized spacial score (nSPS) is 10.6. The van der Waals surface area contributed by atoms with Gasteiger partial charge < -0.3 is 4.84 Å². The second kappa shape index (κ2) is 4.45. The van der Waals surface area contributed by atoms with Gasteiger partial charge in [0, 0.05) is 13.2 Å². The summed E-state index contributed by atoms with van der Waals surface area (Å²) in [6, 6.07) is 0. The van der Waals surface area contributed by atoms with E-state index in [0.717, 1.165) is 11.3 Å². The van der Waals surface area contributed by atoms with Crippen LogP contribution in [-0.2, 0) is 11.9 Å². The molecule has 0 aliphatic carbocycles. The van der Waals surface area contributed by atoms with Crippen LogP contribution in [0.2, 0.25) is 0 Å². The Morgan fingerprint density at radius 3 is 3.08 bits per heavy atom. The lowest BCUT2D eigenvalue weighted by atomic mass is 10.3. The SMILES string of the molecule is C=CCO/N=C/c1nn(C)cc1C. The summed E-state index contributed by atoms with van der Waals surface area (Å²) in [5, 5.41) is 7.90. The minimum Gasteiger partial charge on any atom is -0.392 e. The zero-order valence-electron chi connectivity index (χ0n) is 7.90. The number of aryl methyl sites for hydroxylation is 2. The van der Waals surface area contributed by atoms with E-state index in [-0.39, 0.29) is 0 Å². The van der Waals surface area contributed by atoms with Crippen molar-refractivity contribution >= 4 is 6.21 Å². The molecule has 0 saturated heterocycles. The predicted octanol–water partition coefficient (Wildman–Crippen LogP) is 1.27. The van der Waals surface area contributed by atoms with Crippen molar-refractivity contribution < 1.29 is 4.84 Å². The van der Waals surface area contributed by atoms with Crippen LogP contribution >= 0.6 is 0 Å². The van der Waals surface area contributed by atoms with Crippen LogP contribution in [0.3, 0.4) is 0 Å². The Labute approximate surface area is 77.5 Å². The second-order valence-electron chi connectivity index (χ2n) is 2.69. The fraction of sp³-hybridized carbons (Fsp3) is 0.333. The Bertz CT molecular complexity index is 315. The van der Waals surface area contributed by atoms with Gasteiger partial charge in [-0.2, -0.15) is 5.10 Å². The highest BCUT2D eigenvalue weighted by molar-refractivity contribution is 5.78. The molecule has 0 bridgehead atoms. The van der Waals surface area contributed by atoms with E-state index in [2.05, 4.69) is 16.8 Å². The van der Waals surface area contributed by atoms with E-state index in [0.29, 0.717) is 6.61 Å². The number of nitrogens with zero attached hydrogens (tertiary/aromatic N) is 3. The van der Waals surface area contributed by atoms with E-state index in [1.54, 1.807) is 17.0 Å². The van der Waals surface area contributed by atoms with Crippen molar-refractivity contribution in [3.8, 4) is 0 Å². The molecule has 1 heterocycles. The lowest BCUT2D eigenvalue weighted by molar-refractivity contribution is 0.176. The van der Waals surface area contributed by atoms with Gasteiger partial charge in [0.15, 0.2) is 0 Å². The van der Waals surface area contributed by atoms with Gasteiger partial charge in [0.25, 0.3) is 0 Å². The van der Waals surface area contributed by atoms with Gasteiger partial charge in [0.2, 0.25) is 0 Å². The summed E-state index contributed by atoms with van der Waals surface area (Å²) in [5.41, 5.74) is 1.90. The molecular weight excluding hydrogens is 166 g/mol. The highest BCUT2D eigenvalue weighted by Crippen LogP contribution is 2.00. The van der Waals surface area contributed by atoms with Crippen LogP contribution in [0.15, 0.2) is 24.0 Å². The van der Waals surface area contributed by atoms with Crippen molar-refractivity contribution in [1.82, 2.24) is 9.78 Å². The van der Waals surface area contributed by atoms with Crippen molar-refractivity contribution in [1.29, 1.82) is 0 Å². The highest BCUT2D eigenvalue weighted by atomic mass is 16.6. The van der Waals surface area contributed by atoms with Crippen LogP contribution in [0, 0.1) is 6.92 Å². The molecule has 0 atom stereocenters. The summed E-state index contributed by atoms with van der Waals surface area (Å²) in [6.07, 6.45) is 5.16. The smallest absolute Gasteiger partial charge is 0.135 e. The van der Waals surface area contributed by atoms with Crippen molar-refractivity contribution in [2.45, 2.75) is 6.92 Å². The zero-order chi connectivity index (χ0) is 9.68. The number of aromatic nitrogens is 2. The van der Waals surface area contributed by atoms with Gasteiger partial charge in [-0.3, -0.25) is 4.68 Å². The van der Waals surface area contributed by atoms with Gasteiger partial charge in [0.05, 0.1) is 6.21 Å². The summed E-state index contributed by atoms with van der Waals surface area (Å²) in [4.78, 5) is 4.85. The Morgan fingerprint density at radius 1 is 1.77 bits per heavy atom. The molecule has 1 aromatic rings. The topological polar surface area (TPSA) is 39.4 Å². The van der Waals surface area contributed by atoms with Gasteiger partial charge in [-0.25, -0.2) is 0 Å². The molecule has 0 amide bonds. The third-order valence-corrected chi connectivity index (χ3v) is 1.49. The Balaban J connectivity index is 2.57. The number of hydrogen-bond donors (Lipinski definition) is 0. The van der Waals surface area contributed by atoms with Gasteiger partial charge in [-0.15, -0.1) is 0 Å². The molecule has 70 valence electrons. The average Bonchev–Trinajstić information content (AvgIpc) is 2.39. The second-order valence-corrected chi connectivity index (χ2v) is 2.69. The van der Waals surface area contributed by atoms with Crippen molar-refractivity contribution in [3.63, 3.8) is 0 Å². The molecule has 0 N–H and O–H groups in total. The van der Waals surface area contributed by atoms with Crippen LogP contribution in [0.25, 0.3) is 0 Å². The molecule has 1 rings (SSSR count). The summed E-state index contributed by atoms with van der Waals surface area (Å²) in [5.74, 6) is 0. The molecule has 0 aromatic carbocycles. The minimum absolute atomic E-state index is 0.419. The van der Waals surface area contributed by atoms with Gasteiger partial charge in [-0.05, 0) is 12.5 Å². The maximum absolute atomic E-state index is 4.85. The number of rotatable bonds is 4. The van der Waals surface area contributed by atoms with E-state index in [4.69, 9.17) is 4.84 Å². The molecule has 0 fully saturated rings. The van der Waals surface area contributed by atoms with E-state index in [1.807, 2.05) is 20.2 Å². The van der Waals surface area contributed by atoms with Gasteiger partial charge >= 0.3 is 0 Å². The zero-order valence-corrected chi connectivity index (χ0v) is 7.90. The molecule has 1 aromatic heterocycles. The molecule has 0 spiro atoms. The maximum Gasteiger partial charge on any atom is 0.135 e. The molecule has 0 aliphatic rings. The molecule has 0 unspecified atom stereocenters. The number of hydrogen-bond acceptors (Lipinski definition) is 3. The first kappa shape index (κ1) is 9.51. The number of oxime groups is 1. The predicted molar refractivity (Wildman–Crippen MR) is 51.7 cm³/mol. The van der Waals surface area contributed by atoms with Crippen molar-refractivity contribution in [2.75, 3.05) is 6.61 Å². The molecule has 13 heavy (non-hydrogen) atoms. The molecule has 4 nitrogen and oxygen atoms in total.